The largest absolute Gasteiger partial charge is 0.300 e. The summed E-state index contributed by atoms with van der Waals surface area (Å²) in [7, 11) is 1.62. The minimum absolute atomic E-state index is 0.0425. The Morgan fingerprint density at radius 2 is 2.31 bits per heavy atom. The smallest absolute Gasteiger partial charge is 0.227 e. The van der Waals surface area contributed by atoms with Gasteiger partial charge in [-0.15, -0.1) is 0 Å². The first-order chi connectivity index (χ1) is 6.15. The number of hydrogen-bond donors (Lipinski definition) is 0. The number of amides is 1. The van der Waals surface area contributed by atoms with Crippen molar-refractivity contribution in [2.75, 3.05) is 11.9 Å². The molecule has 0 atom stereocenters. The summed E-state index contributed by atoms with van der Waals surface area (Å²) in [5.41, 5.74) is 0. The first-order valence-electron chi connectivity index (χ1n) is 4.03. The summed E-state index contributed by atoms with van der Waals surface area (Å²) in [5.74, 6) is 0.0217. The van der Waals surface area contributed by atoms with E-state index in [2.05, 4.69) is 4.98 Å². The molecule has 1 rings (SSSR count). The lowest BCUT2D eigenvalue weighted by molar-refractivity contribution is -0.118. The summed E-state index contributed by atoms with van der Waals surface area (Å²) in [4.78, 5) is 16.4. The highest BCUT2D eigenvalue weighted by Crippen LogP contribution is 2.09. The van der Waals surface area contributed by atoms with E-state index < -0.39 is 5.82 Å². The van der Waals surface area contributed by atoms with Crippen molar-refractivity contribution in [2.45, 2.75) is 13.3 Å². The van der Waals surface area contributed by atoms with Crippen LogP contribution in [0.5, 0.6) is 0 Å². The van der Waals surface area contributed by atoms with Crippen LogP contribution in [0.25, 0.3) is 0 Å². The molecule has 0 bridgehead atoms. The molecule has 4 heteroatoms. The van der Waals surface area contributed by atoms with Crippen molar-refractivity contribution < 1.29 is 9.18 Å². The molecule has 1 aromatic rings. The van der Waals surface area contributed by atoms with Gasteiger partial charge in [-0.05, 0) is 12.1 Å². The normalized spacial score (nSPS) is 9.77. The van der Waals surface area contributed by atoms with Crippen molar-refractivity contribution in [3.05, 3.63) is 24.1 Å². The molecule has 0 saturated carbocycles. The summed E-state index contributed by atoms with van der Waals surface area (Å²) >= 11 is 0. The van der Waals surface area contributed by atoms with Gasteiger partial charge in [0, 0.05) is 13.5 Å². The molecule has 1 heterocycles. The topological polar surface area (TPSA) is 33.2 Å². The van der Waals surface area contributed by atoms with Gasteiger partial charge in [0.2, 0.25) is 5.91 Å². The predicted molar refractivity (Wildman–Crippen MR) is 47.9 cm³/mol. The monoisotopic (exact) mass is 182 g/mol. The Bertz CT molecular complexity index is 297. The van der Waals surface area contributed by atoms with Gasteiger partial charge in [-0.2, -0.15) is 0 Å². The molecule has 1 amide bonds. The van der Waals surface area contributed by atoms with Crippen molar-refractivity contribution in [1.82, 2.24) is 4.98 Å². The summed E-state index contributed by atoms with van der Waals surface area (Å²) < 4.78 is 12.5. The predicted octanol–water partition coefficient (Wildman–Crippen LogP) is 1.59. The van der Waals surface area contributed by atoms with Gasteiger partial charge in [0.05, 0.1) is 6.20 Å². The Hall–Kier alpha value is -1.45. The van der Waals surface area contributed by atoms with Crippen molar-refractivity contribution in [3.63, 3.8) is 0 Å². The zero-order chi connectivity index (χ0) is 9.84. The molecule has 1 aromatic heterocycles. The van der Waals surface area contributed by atoms with Gasteiger partial charge in [0.1, 0.15) is 11.6 Å². The molecule has 70 valence electrons. The van der Waals surface area contributed by atoms with Crippen molar-refractivity contribution >= 4 is 11.7 Å². The summed E-state index contributed by atoms with van der Waals surface area (Å²) in [5, 5.41) is 0. The molecule has 3 nitrogen and oxygen atoms in total. The Morgan fingerprint density at radius 3 is 2.77 bits per heavy atom. The van der Waals surface area contributed by atoms with E-state index in [0.29, 0.717) is 12.2 Å². The highest BCUT2D eigenvalue weighted by molar-refractivity contribution is 5.91. The van der Waals surface area contributed by atoms with E-state index in [1.165, 1.54) is 17.0 Å². The van der Waals surface area contributed by atoms with Crippen LogP contribution in [0.3, 0.4) is 0 Å². The number of carbonyl (C=O) groups excluding carboxylic acids is 1. The van der Waals surface area contributed by atoms with Gasteiger partial charge in [0.15, 0.2) is 0 Å². The summed E-state index contributed by atoms with van der Waals surface area (Å²) in [6.45, 7) is 1.77. The Balaban J connectivity index is 2.83. The van der Waals surface area contributed by atoms with Crippen molar-refractivity contribution in [2.24, 2.45) is 0 Å². The van der Waals surface area contributed by atoms with E-state index in [-0.39, 0.29) is 5.91 Å². The van der Waals surface area contributed by atoms with Crippen LogP contribution >= 0.6 is 0 Å². The molecule has 0 unspecified atom stereocenters. The fourth-order valence-corrected chi connectivity index (χ4v) is 0.931. The minimum Gasteiger partial charge on any atom is -0.300 e. The molecular weight excluding hydrogens is 171 g/mol. The minimum atomic E-state index is -0.402. The SMILES string of the molecule is CCC(=O)N(C)c1ccc(F)cn1. The average Bonchev–Trinajstić information content (AvgIpc) is 2.17. The second-order valence-electron chi connectivity index (χ2n) is 2.64. The van der Waals surface area contributed by atoms with Crippen LogP contribution in [0.4, 0.5) is 10.2 Å². The van der Waals surface area contributed by atoms with Crippen molar-refractivity contribution in [3.8, 4) is 0 Å². The van der Waals surface area contributed by atoms with Crippen LogP contribution in [-0.2, 0) is 4.79 Å². The number of aromatic nitrogens is 1. The summed E-state index contributed by atoms with van der Waals surface area (Å²) in [6.07, 6.45) is 1.50. The fourth-order valence-electron chi connectivity index (χ4n) is 0.931. The quantitative estimate of drug-likeness (QED) is 0.695. The van der Waals surface area contributed by atoms with Crippen LogP contribution in [0, 0.1) is 5.82 Å². The number of carbonyl (C=O) groups is 1. The highest BCUT2D eigenvalue weighted by atomic mass is 19.1. The molecule has 0 aliphatic carbocycles. The van der Waals surface area contributed by atoms with Crippen LogP contribution in [-0.4, -0.2) is 17.9 Å². The highest BCUT2D eigenvalue weighted by Gasteiger charge is 2.08. The molecule has 0 saturated heterocycles. The molecule has 0 fully saturated rings. The van der Waals surface area contributed by atoms with Gasteiger partial charge in [0.25, 0.3) is 0 Å². The molecule has 13 heavy (non-hydrogen) atoms. The molecule has 0 spiro atoms. The fraction of sp³-hybridized carbons (Fsp3) is 0.333. The number of nitrogens with zero attached hydrogens (tertiary/aromatic N) is 2. The lowest BCUT2D eigenvalue weighted by Crippen LogP contribution is -2.25. The maximum Gasteiger partial charge on any atom is 0.227 e. The standard InChI is InChI=1S/C9H11FN2O/c1-3-9(13)12(2)8-5-4-7(10)6-11-8/h4-6H,3H2,1-2H3. The molecule has 0 radical (unpaired) electrons. The van der Waals surface area contributed by atoms with Crippen LogP contribution in [0.2, 0.25) is 0 Å². The lowest BCUT2D eigenvalue weighted by atomic mass is 10.4. The zero-order valence-corrected chi connectivity index (χ0v) is 7.62. The third-order valence-corrected chi connectivity index (χ3v) is 1.73. The maximum atomic E-state index is 12.5. The average molecular weight is 182 g/mol. The van der Waals surface area contributed by atoms with Gasteiger partial charge in [-0.1, -0.05) is 6.92 Å². The molecule has 0 aliphatic rings. The van der Waals surface area contributed by atoms with E-state index in [1.807, 2.05) is 0 Å². The Morgan fingerprint density at radius 1 is 1.62 bits per heavy atom. The second-order valence-corrected chi connectivity index (χ2v) is 2.64. The van der Waals surface area contributed by atoms with Gasteiger partial charge in [-0.25, -0.2) is 9.37 Å². The van der Waals surface area contributed by atoms with Crippen LogP contribution < -0.4 is 4.90 Å². The van der Waals surface area contributed by atoms with E-state index in [4.69, 9.17) is 0 Å². The number of pyridine rings is 1. The van der Waals surface area contributed by atoms with E-state index >= 15 is 0 Å². The summed E-state index contributed by atoms with van der Waals surface area (Å²) in [6, 6.07) is 2.75. The van der Waals surface area contributed by atoms with Gasteiger partial charge >= 0.3 is 0 Å². The lowest BCUT2D eigenvalue weighted by Gasteiger charge is -2.14. The van der Waals surface area contributed by atoms with Crippen LogP contribution in [0.1, 0.15) is 13.3 Å². The third kappa shape index (κ3) is 2.24. The Labute approximate surface area is 76.2 Å². The first-order valence-corrected chi connectivity index (χ1v) is 4.03. The zero-order valence-electron chi connectivity index (χ0n) is 7.62. The first kappa shape index (κ1) is 9.64. The van der Waals surface area contributed by atoms with Gasteiger partial charge in [-0.3, -0.25) is 9.69 Å². The maximum absolute atomic E-state index is 12.5. The number of halogens is 1. The molecular formula is C9H11FN2O. The van der Waals surface area contributed by atoms with Gasteiger partial charge < -0.3 is 0 Å². The Kier molecular flexibility index (Phi) is 2.95. The molecule has 0 aromatic carbocycles. The van der Waals surface area contributed by atoms with Crippen LogP contribution in [0.15, 0.2) is 18.3 Å². The second kappa shape index (κ2) is 3.98. The number of hydrogen-bond acceptors (Lipinski definition) is 2. The molecule has 0 N–H and O–H groups in total. The van der Waals surface area contributed by atoms with E-state index in [1.54, 1.807) is 14.0 Å². The number of rotatable bonds is 2. The molecule has 0 aliphatic heterocycles. The van der Waals surface area contributed by atoms with E-state index in [9.17, 15) is 9.18 Å². The number of anilines is 1. The van der Waals surface area contributed by atoms with Crippen molar-refractivity contribution in [1.29, 1.82) is 0 Å². The third-order valence-electron chi connectivity index (χ3n) is 1.73. The van der Waals surface area contributed by atoms with E-state index in [0.717, 1.165) is 6.20 Å².